The van der Waals surface area contributed by atoms with Gasteiger partial charge in [-0.2, -0.15) is 0 Å². The fraction of sp³-hybridized carbons (Fsp3) is 0.417. The van der Waals surface area contributed by atoms with Crippen molar-refractivity contribution in [1.29, 1.82) is 0 Å². The van der Waals surface area contributed by atoms with Crippen molar-refractivity contribution in [1.82, 2.24) is 5.32 Å². The van der Waals surface area contributed by atoms with Crippen LogP contribution in [-0.2, 0) is 4.79 Å². The Labute approximate surface area is 90.2 Å². The van der Waals surface area contributed by atoms with Gasteiger partial charge < -0.3 is 10.4 Å². The zero-order chi connectivity index (χ0) is 11.3. The molecule has 0 aromatic rings. The van der Waals surface area contributed by atoms with Crippen LogP contribution in [0.5, 0.6) is 0 Å². The summed E-state index contributed by atoms with van der Waals surface area (Å²) in [5.74, 6) is 0.166. The third-order valence-corrected chi connectivity index (χ3v) is 2.40. The molecule has 1 amide bonds. The van der Waals surface area contributed by atoms with Gasteiger partial charge >= 0.3 is 0 Å². The van der Waals surface area contributed by atoms with E-state index in [2.05, 4.69) is 18.5 Å². The number of nitrogens with one attached hydrogen (secondary N) is 1. The van der Waals surface area contributed by atoms with E-state index in [-0.39, 0.29) is 24.5 Å². The number of hydrogen-bond acceptors (Lipinski definition) is 2. The van der Waals surface area contributed by atoms with Gasteiger partial charge in [0.2, 0.25) is 5.91 Å². The summed E-state index contributed by atoms with van der Waals surface area (Å²) in [6.45, 7) is 7.09. The molecule has 0 aromatic heterocycles. The fourth-order valence-electron chi connectivity index (χ4n) is 1.33. The van der Waals surface area contributed by atoms with Crippen molar-refractivity contribution >= 4 is 5.91 Å². The second kappa shape index (κ2) is 5.51. The first-order valence-corrected chi connectivity index (χ1v) is 5.09. The Morgan fingerprint density at radius 1 is 1.53 bits per heavy atom. The van der Waals surface area contributed by atoms with Gasteiger partial charge in [0.25, 0.3) is 0 Å². The molecule has 0 radical (unpaired) electrons. The average Bonchev–Trinajstić information content (AvgIpc) is 3.06. The van der Waals surface area contributed by atoms with Crippen LogP contribution in [-0.4, -0.2) is 23.7 Å². The number of aliphatic hydroxyl groups excluding tert-OH is 1. The quantitative estimate of drug-likeness (QED) is 0.642. The Balaban J connectivity index is 2.59. The summed E-state index contributed by atoms with van der Waals surface area (Å²) >= 11 is 0. The smallest absolute Gasteiger partial charge is 0.223 e. The van der Waals surface area contributed by atoms with E-state index in [1.54, 1.807) is 18.2 Å². The molecule has 1 fully saturated rings. The maximum absolute atomic E-state index is 11.5. The van der Waals surface area contributed by atoms with E-state index in [1.807, 2.05) is 0 Å². The fourth-order valence-corrected chi connectivity index (χ4v) is 1.33. The molecule has 0 bridgehead atoms. The van der Waals surface area contributed by atoms with Crippen LogP contribution in [0.3, 0.4) is 0 Å². The van der Waals surface area contributed by atoms with Crippen LogP contribution >= 0.6 is 0 Å². The van der Waals surface area contributed by atoms with Crippen molar-refractivity contribution < 1.29 is 9.90 Å². The van der Waals surface area contributed by atoms with E-state index in [0.717, 1.165) is 18.4 Å². The van der Waals surface area contributed by atoms with Gasteiger partial charge in [0.05, 0.1) is 12.6 Å². The predicted octanol–water partition coefficient (Wildman–Crippen LogP) is 1.17. The van der Waals surface area contributed by atoms with E-state index < -0.39 is 0 Å². The summed E-state index contributed by atoms with van der Waals surface area (Å²) in [7, 11) is 0. The van der Waals surface area contributed by atoms with Crippen molar-refractivity contribution in [2.24, 2.45) is 5.92 Å². The summed E-state index contributed by atoms with van der Waals surface area (Å²) in [4.78, 5) is 11.5. The molecule has 0 aliphatic heterocycles. The summed E-state index contributed by atoms with van der Waals surface area (Å²) in [5.41, 5.74) is 0.779. The van der Waals surface area contributed by atoms with E-state index >= 15 is 0 Å². The minimum Gasteiger partial charge on any atom is -0.394 e. The van der Waals surface area contributed by atoms with Crippen LogP contribution in [0.2, 0.25) is 0 Å². The molecule has 1 atom stereocenters. The van der Waals surface area contributed by atoms with Gasteiger partial charge in [-0.15, -0.1) is 0 Å². The van der Waals surface area contributed by atoms with Crippen molar-refractivity contribution in [2.45, 2.75) is 18.9 Å². The van der Waals surface area contributed by atoms with Gasteiger partial charge in [0.1, 0.15) is 0 Å². The lowest BCUT2D eigenvalue weighted by Crippen LogP contribution is -2.39. The van der Waals surface area contributed by atoms with Gasteiger partial charge in [0, 0.05) is 5.92 Å². The number of carbonyl (C=O) groups excluding carboxylic acids is 1. The maximum atomic E-state index is 11.5. The molecule has 3 nitrogen and oxygen atoms in total. The molecular formula is C12H17NO2. The summed E-state index contributed by atoms with van der Waals surface area (Å²) in [6.07, 6.45) is 6.89. The van der Waals surface area contributed by atoms with Gasteiger partial charge in [-0.3, -0.25) is 4.79 Å². The average molecular weight is 207 g/mol. The first-order chi connectivity index (χ1) is 7.22. The second-order valence-corrected chi connectivity index (χ2v) is 3.62. The van der Waals surface area contributed by atoms with Crippen molar-refractivity contribution in [3.8, 4) is 0 Å². The van der Waals surface area contributed by atoms with Crippen LogP contribution in [0.15, 0.2) is 37.0 Å². The van der Waals surface area contributed by atoms with Crippen LogP contribution in [0.25, 0.3) is 0 Å². The normalized spacial score (nSPS) is 18.1. The lowest BCUT2D eigenvalue weighted by Gasteiger charge is -2.17. The van der Waals surface area contributed by atoms with Gasteiger partial charge in [-0.25, -0.2) is 0 Å². The van der Waals surface area contributed by atoms with Crippen molar-refractivity contribution in [3.63, 3.8) is 0 Å². The molecule has 1 aliphatic carbocycles. The first kappa shape index (κ1) is 11.7. The number of rotatable bonds is 6. The predicted molar refractivity (Wildman–Crippen MR) is 60.2 cm³/mol. The van der Waals surface area contributed by atoms with E-state index in [1.165, 1.54) is 0 Å². The Morgan fingerprint density at radius 3 is 2.60 bits per heavy atom. The highest BCUT2D eigenvalue weighted by Gasteiger charge is 2.31. The van der Waals surface area contributed by atoms with Crippen molar-refractivity contribution in [3.05, 3.63) is 37.0 Å². The molecule has 15 heavy (non-hydrogen) atoms. The Hall–Kier alpha value is -1.35. The van der Waals surface area contributed by atoms with Crippen LogP contribution in [0, 0.1) is 5.92 Å². The van der Waals surface area contributed by atoms with E-state index in [4.69, 9.17) is 5.11 Å². The molecule has 1 aliphatic rings. The van der Waals surface area contributed by atoms with E-state index in [0.29, 0.717) is 0 Å². The highest BCUT2D eigenvalue weighted by molar-refractivity contribution is 5.81. The van der Waals surface area contributed by atoms with Crippen LogP contribution in [0.1, 0.15) is 12.8 Å². The van der Waals surface area contributed by atoms with Crippen LogP contribution in [0.4, 0.5) is 0 Å². The molecule has 82 valence electrons. The molecular weight excluding hydrogens is 190 g/mol. The molecule has 1 saturated carbocycles. The minimum absolute atomic E-state index is 0.0193. The summed E-state index contributed by atoms with van der Waals surface area (Å²) in [5, 5.41) is 12.0. The number of aliphatic hydroxyl groups is 1. The highest BCUT2D eigenvalue weighted by atomic mass is 16.3. The Bertz CT molecular complexity index is 290. The summed E-state index contributed by atoms with van der Waals surface area (Å²) < 4.78 is 0. The third kappa shape index (κ3) is 3.36. The number of carbonyl (C=O) groups is 1. The Kier molecular flexibility index (Phi) is 4.31. The molecule has 0 heterocycles. The molecule has 0 aromatic carbocycles. The molecule has 1 rings (SSSR count). The SMILES string of the molecule is C=C/C=C(\C=C)C(CO)NC(=O)C1CC1. The van der Waals surface area contributed by atoms with E-state index in [9.17, 15) is 4.79 Å². The topological polar surface area (TPSA) is 49.3 Å². The third-order valence-electron chi connectivity index (χ3n) is 2.40. The number of amides is 1. The standard InChI is InChI=1S/C12H17NO2/c1-3-5-9(4-2)11(8-14)13-12(15)10-6-7-10/h3-5,10-11,14H,1-2,6-8H2,(H,13,15)/b9-5+. The second-order valence-electron chi connectivity index (χ2n) is 3.62. The largest absolute Gasteiger partial charge is 0.394 e. The van der Waals surface area contributed by atoms with Crippen LogP contribution < -0.4 is 5.32 Å². The van der Waals surface area contributed by atoms with Gasteiger partial charge in [-0.05, 0) is 18.4 Å². The molecule has 1 unspecified atom stereocenters. The minimum atomic E-state index is -0.367. The zero-order valence-corrected chi connectivity index (χ0v) is 8.78. The number of allylic oxidation sites excluding steroid dienone is 2. The molecule has 2 N–H and O–H groups in total. The first-order valence-electron chi connectivity index (χ1n) is 5.09. The monoisotopic (exact) mass is 207 g/mol. The lowest BCUT2D eigenvalue weighted by molar-refractivity contribution is -0.123. The lowest BCUT2D eigenvalue weighted by atomic mass is 10.1. The van der Waals surface area contributed by atoms with Gasteiger partial charge in [0.15, 0.2) is 0 Å². The van der Waals surface area contributed by atoms with Crippen molar-refractivity contribution in [2.75, 3.05) is 6.61 Å². The number of hydrogen-bond donors (Lipinski definition) is 2. The molecule has 0 spiro atoms. The maximum Gasteiger partial charge on any atom is 0.223 e. The van der Waals surface area contributed by atoms with Gasteiger partial charge in [-0.1, -0.05) is 31.4 Å². The Morgan fingerprint density at radius 2 is 2.20 bits per heavy atom. The molecule has 0 saturated heterocycles. The summed E-state index contributed by atoms with van der Waals surface area (Å²) in [6, 6.07) is -0.367. The zero-order valence-electron chi connectivity index (χ0n) is 8.78. The highest BCUT2D eigenvalue weighted by Crippen LogP contribution is 2.29. The molecule has 3 heteroatoms.